The standard InChI is InChI=1S/C16H21ClN4O/c1-4-5-8-18-15-10-16(20-11(2)19-15)21-12-6-7-14(22-3)13(17)9-12/h6-7,9-10H,4-5,8H2,1-3H3,(H2,18,19,20,21). The van der Waals surface area contributed by atoms with Crippen LogP contribution in [0.3, 0.4) is 0 Å². The second-order valence-electron chi connectivity index (χ2n) is 4.94. The van der Waals surface area contributed by atoms with E-state index in [-0.39, 0.29) is 0 Å². The third-order valence-corrected chi connectivity index (χ3v) is 3.39. The molecule has 0 atom stereocenters. The summed E-state index contributed by atoms with van der Waals surface area (Å²) in [6.45, 7) is 4.94. The summed E-state index contributed by atoms with van der Waals surface area (Å²) < 4.78 is 5.15. The summed E-state index contributed by atoms with van der Waals surface area (Å²) in [5.41, 5.74) is 0.850. The quantitative estimate of drug-likeness (QED) is 0.740. The lowest BCUT2D eigenvalue weighted by Crippen LogP contribution is -2.06. The Balaban J connectivity index is 2.13. The molecular formula is C16H21ClN4O. The summed E-state index contributed by atoms with van der Waals surface area (Å²) in [5.74, 6) is 2.91. The van der Waals surface area contributed by atoms with Crippen LogP contribution < -0.4 is 15.4 Å². The number of methoxy groups -OCH3 is 1. The number of unbranched alkanes of at least 4 members (excludes halogenated alkanes) is 1. The van der Waals surface area contributed by atoms with E-state index in [0.29, 0.717) is 16.6 Å². The Morgan fingerprint density at radius 2 is 1.95 bits per heavy atom. The molecule has 0 spiro atoms. The molecule has 2 N–H and O–H groups in total. The number of aryl methyl sites for hydroxylation is 1. The molecule has 0 aliphatic carbocycles. The van der Waals surface area contributed by atoms with Crippen LogP contribution in [0.4, 0.5) is 17.3 Å². The average molecular weight is 321 g/mol. The number of rotatable bonds is 7. The number of hydrogen-bond donors (Lipinski definition) is 2. The van der Waals surface area contributed by atoms with Crippen LogP contribution in [0.15, 0.2) is 24.3 Å². The molecule has 0 aliphatic heterocycles. The predicted octanol–water partition coefficient (Wildman–Crippen LogP) is 4.40. The zero-order chi connectivity index (χ0) is 15.9. The van der Waals surface area contributed by atoms with E-state index in [4.69, 9.17) is 16.3 Å². The van der Waals surface area contributed by atoms with Crippen LogP contribution >= 0.6 is 11.6 Å². The van der Waals surface area contributed by atoms with Crippen molar-refractivity contribution in [2.24, 2.45) is 0 Å². The average Bonchev–Trinajstić information content (AvgIpc) is 2.47. The highest BCUT2D eigenvalue weighted by molar-refractivity contribution is 6.32. The molecule has 0 aliphatic rings. The van der Waals surface area contributed by atoms with Crippen LogP contribution in [0.2, 0.25) is 5.02 Å². The van der Waals surface area contributed by atoms with Gasteiger partial charge in [0.2, 0.25) is 0 Å². The number of nitrogens with zero attached hydrogens (tertiary/aromatic N) is 2. The monoisotopic (exact) mass is 320 g/mol. The Morgan fingerprint density at radius 3 is 2.64 bits per heavy atom. The van der Waals surface area contributed by atoms with Crippen LogP contribution in [0, 0.1) is 6.92 Å². The van der Waals surface area contributed by atoms with Gasteiger partial charge in [0.25, 0.3) is 0 Å². The van der Waals surface area contributed by atoms with Gasteiger partial charge in [-0.25, -0.2) is 9.97 Å². The minimum absolute atomic E-state index is 0.555. The van der Waals surface area contributed by atoms with E-state index in [1.165, 1.54) is 0 Å². The summed E-state index contributed by atoms with van der Waals surface area (Å²) in [6, 6.07) is 7.41. The second kappa shape index (κ2) is 7.84. The normalized spacial score (nSPS) is 10.4. The summed E-state index contributed by atoms with van der Waals surface area (Å²) in [4.78, 5) is 8.78. The summed E-state index contributed by atoms with van der Waals surface area (Å²) in [7, 11) is 1.59. The molecule has 0 unspecified atom stereocenters. The molecule has 6 heteroatoms. The van der Waals surface area contributed by atoms with Gasteiger partial charge in [-0.15, -0.1) is 0 Å². The molecule has 1 aromatic heterocycles. The fourth-order valence-corrected chi connectivity index (χ4v) is 2.27. The molecule has 1 aromatic carbocycles. The number of benzene rings is 1. The Labute approximate surface area is 136 Å². The Morgan fingerprint density at radius 1 is 1.18 bits per heavy atom. The zero-order valence-corrected chi connectivity index (χ0v) is 13.9. The van der Waals surface area contributed by atoms with Crippen LogP contribution in [0.5, 0.6) is 5.75 Å². The molecule has 118 valence electrons. The van der Waals surface area contributed by atoms with E-state index in [2.05, 4.69) is 27.5 Å². The third kappa shape index (κ3) is 4.49. The first-order chi connectivity index (χ1) is 10.6. The van der Waals surface area contributed by atoms with Gasteiger partial charge in [-0.05, 0) is 31.5 Å². The Bertz CT molecular complexity index is 634. The fourth-order valence-electron chi connectivity index (χ4n) is 2.01. The molecular weight excluding hydrogens is 300 g/mol. The maximum Gasteiger partial charge on any atom is 0.137 e. The van der Waals surface area contributed by atoms with Gasteiger partial charge in [0.1, 0.15) is 23.2 Å². The van der Waals surface area contributed by atoms with E-state index in [1.54, 1.807) is 7.11 Å². The molecule has 0 saturated carbocycles. The van der Waals surface area contributed by atoms with Crippen LogP contribution in [-0.2, 0) is 0 Å². The maximum absolute atomic E-state index is 6.13. The lowest BCUT2D eigenvalue weighted by Gasteiger charge is -2.11. The van der Waals surface area contributed by atoms with E-state index in [0.717, 1.165) is 36.7 Å². The fraction of sp³-hybridized carbons (Fsp3) is 0.375. The molecule has 1 heterocycles. The van der Waals surface area contributed by atoms with E-state index >= 15 is 0 Å². The van der Waals surface area contributed by atoms with E-state index in [1.807, 2.05) is 31.2 Å². The van der Waals surface area contributed by atoms with Crippen LogP contribution in [-0.4, -0.2) is 23.6 Å². The number of halogens is 1. The molecule has 5 nitrogen and oxygen atoms in total. The number of ether oxygens (including phenoxy) is 1. The minimum Gasteiger partial charge on any atom is -0.495 e. The Hall–Kier alpha value is -2.01. The largest absolute Gasteiger partial charge is 0.495 e. The molecule has 0 fully saturated rings. The first-order valence-electron chi connectivity index (χ1n) is 7.32. The SMILES string of the molecule is CCCCNc1cc(Nc2ccc(OC)c(Cl)c2)nc(C)n1. The molecule has 22 heavy (non-hydrogen) atoms. The predicted molar refractivity (Wildman–Crippen MR) is 91.5 cm³/mol. The number of aromatic nitrogens is 2. The lowest BCUT2D eigenvalue weighted by atomic mass is 10.3. The number of anilines is 3. The first-order valence-corrected chi connectivity index (χ1v) is 7.70. The van der Waals surface area contributed by atoms with Crippen molar-refractivity contribution in [1.29, 1.82) is 0 Å². The van der Waals surface area contributed by atoms with E-state index < -0.39 is 0 Å². The second-order valence-corrected chi connectivity index (χ2v) is 5.35. The number of nitrogens with one attached hydrogen (secondary N) is 2. The van der Waals surface area contributed by atoms with Crippen molar-refractivity contribution in [2.75, 3.05) is 24.3 Å². The van der Waals surface area contributed by atoms with Crippen LogP contribution in [0.25, 0.3) is 0 Å². The van der Waals surface area contributed by atoms with Crippen LogP contribution in [0.1, 0.15) is 25.6 Å². The molecule has 2 aromatic rings. The van der Waals surface area contributed by atoms with Gasteiger partial charge >= 0.3 is 0 Å². The van der Waals surface area contributed by atoms with Crippen molar-refractivity contribution in [2.45, 2.75) is 26.7 Å². The minimum atomic E-state index is 0.555. The van der Waals surface area contributed by atoms with Gasteiger partial charge in [0.05, 0.1) is 12.1 Å². The van der Waals surface area contributed by atoms with Crippen molar-refractivity contribution in [1.82, 2.24) is 9.97 Å². The molecule has 0 radical (unpaired) electrons. The van der Waals surface area contributed by atoms with Crippen molar-refractivity contribution in [3.05, 3.63) is 35.1 Å². The topological polar surface area (TPSA) is 59.1 Å². The van der Waals surface area contributed by atoms with Gasteiger partial charge in [-0.1, -0.05) is 24.9 Å². The Kier molecular flexibility index (Phi) is 5.83. The van der Waals surface area contributed by atoms with Crippen molar-refractivity contribution in [3.63, 3.8) is 0 Å². The zero-order valence-electron chi connectivity index (χ0n) is 13.1. The van der Waals surface area contributed by atoms with Gasteiger partial charge in [0, 0.05) is 18.3 Å². The lowest BCUT2D eigenvalue weighted by molar-refractivity contribution is 0.415. The first kappa shape index (κ1) is 16.4. The van der Waals surface area contributed by atoms with Gasteiger partial charge in [-0.3, -0.25) is 0 Å². The maximum atomic E-state index is 6.13. The number of hydrogen-bond acceptors (Lipinski definition) is 5. The smallest absolute Gasteiger partial charge is 0.137 e. The highest BCUT2D eigenvalue weighted by Crippen LogP contribution is 2.28. The highest BCUT2D eigenvalue weighted by Gasteiger charge is 2.05. The van der Waals surface area contributed by atoms with Gasteiger partial charge in [0.15, 0.2) is 0 Å². The van der Waals surface area contributed by atoms with Gasteiger partial charge in [-0.2, -0.15) is 0 Å². The van der Waals surface area contributed by atoms with Crippen molar-refractivity contribution >= 4 is 28.9 Å². The van der Waals surface area contributed by atoms with Crippen molar-refractivity contribution < 1.29 is 4.74 Å². The third-order valence-electron chi connectivity index (χ3n) is 3.10. The molecule has 0 bridgehead atoms. The highest BCUT2D eigenvalue weighted by atomic mass is 35.5. The molecule has 0 amide bonds. The summed E-state index contributed by atoms with van der Waals surface area (Å²) >= 11 is 6.13. The summed E-state index contributed by atoms with van der Waals surface area (Å²) in [5, 5.41) is 7.10. The molecule has 0 saturated heterocycles. The molecule has 2 rings (SSSR count). The van der Waals surface area contributed by atoms with E-state index in [9.17, 15) is 0 Å². The summed E-state index contributed by atoms with van der Waals surface area (Å²) in [6.07, 6.45) is 2.26. The van der Waals surface area contributed by atoms with Gasteiger partial charge < -0.3 is 15.4 Å². The van der Waals surface area contributed by atoms with Crippen molar-refractivity contribution in [3.8, 4) is 5.75 Å².